The number of aromatic amines is 1. The van der Waals surface area contributed by atoms with E-state index in [0.29, 0.717) is 6.42 Å². The summed E-state index contributed by atoms with van der Waals surface area (Å²) in [5.74, 6) is -0.301. The number of fused-ring (bicyclic) bond motifs is 1. The average molecular weight is 344 g/mol. The minimum absolute atomic E-state index is 0.0509. The fourth-order valence-corrected chi connectivity index (χ4v) is 2.98. The van der Waals surface area contributed by atoms with Crippen LogP contribution in [0.5, 0.6) is 0 Å². The van der Waals surface area contributed by atoms with Gasteiger partial charge >= 0.3 is 0 Å². The third kappa shape index (κ3) is 3.49. The van der Waals surface area contributed by atoms with Crippen LogP contribution in [-0.4, -0.2) is 10.9 Å². The topological polar surface area (TPSA) is 44.9 Å². The van der Waals surface area contributed by atoms with E-state index in [1.165, 1.54) is 12.1 Å². The van der Waals surface area contributed by atoms with Crippen molar-refractivity contribution in [1.82, 2.24) is 4.98 Å². The Morgan fingerprint density at radius 1 is 0.923 bits per heavy atom. The molecule has 0 fully saturated rings. The molecule has 0 unspecified atom stereocenters. The highest BCUT2D eigenvalue weighted by atomic mass is 19.1. The minimum Gasteiger partial charge on any atom is -0.355 e. The predicted octanol–water partition coefficient (Wildman–Crippen LogP) is 5.16. The number of carbonyl (C=O) groups excluding carboxylic acids is 1. The first-order valence-corrected chi connectivity index (χ1v) is 8.40. The van der Waals surface area contributed by atoms with Gasteiger partial charge in [-0.1, -0.05) is 42.5 Å². The van der Waals surface area contributed by atoms with Crippen LogP contribution in [0.15, 0.2) is 78.9 Å². The fourth-order valence-electron chi connectivity index (χ4n) is 2.98. The standard InChI is InChI=1S/C22H17FN2O/c23-18-8-11-20-17(13-18)14-21(25-20)16-6-9-19(10-7-16)24-22(26)12-15-4-2-1-3-5-15/h1-11,13-14,25H,12H2,(H,24,26). The number of benzene rings is 3. The molecule has 4 rings (SSSR count). The second-order valence-corrected chi connectivity index (χ2v) is 6.20. The Morgan fingerprint density at radius 3 is 2.46 bits per heavy atom. The predicted molar refractivity (Wildman–Crippen MR) is 102 cm³/mol. The molecule has 3 aromatic carbocycles. The number of hydrogen-bond acceptors (Lipinski definition) is 1. The maximum absolute atomic E-state index is 13.3. The van der Waals surface area contributed by atoms with E-state index in [1.54, 1.807) is 6.07 Å². The summed E-state index contributed by atoms with van der Waals surface area (Å²) in [5, 5.41) is 3.74. The Morgan fingerprint density at radius 2 is 1.69 bits per heavy atom. The number of anilines is 1. The summed E-state index contributed by atoms with van der Waals surface area (Å²) in [6.07, 6.45) is 0.343. The van der Waals surface area contributed by atoms with Gasteiger partial charge in [0.15, 0.2) is 0 Å². The van der Waals surface area contributed by atoms with E-state index < -0.39 is 0 Å². The number of aromatic nitrogens is 1. The number of H-pyrrole nitrogens is 1. The molecule has 0 aliphatic carbocycles. The molecule has 0 spiro atoms. The molecule has 1 aromatic heterocycles. The first-order valence-electron chi connectivity index (χ1n) is 8.40. The van der Waals surface area contributed by atoms with Crippen molar-refractivity contribution in [3.05, 3.63) is 90.2 Å². The van der Waals surface area contributed by atoms with Gasteiger partial charge in [-0.25, -0.2) is 4.39 Å². The Bertz CT molecular complexity index is 1050. The molecule has 0 aliphatic heterocycles. The van der Waals surface area contributed by atoms with Crippen LogP contribution >= 0.6 is 0 Å². The molecule has 0 atom stereocenters. The summed E-state index contributed by atoms with van der Waals surface area (Å²) in [7, 11) is 0. The fraction of sp³-hybridized carbons (Fsp3) is 0.0455. The molecule has 0 saturated heterocycles. The number of rotatable bonds is 4. The van der Waals surface area contributed by atoms with Crippen molar-refractivity contribution in [2.45, 2.75) is 6.42 Å². The Balaban J connectivity index is 1.48. The van der Waals surface area contributed by atoms with Crippen molar-refractivity contribution in [2.75, 3.05) is 5.32 Å². The third-order valence-electron chi connectivity index (χ3n) is 4.27. The number of nitrogens with one attached hydrogen (secondary N) is 2. The van der Waals surface area contributed by atoms with E-state index >= 15 is 0 Å². The van der Waals surface area contributed by atoms with Crippen molar-refractivity contribution in [1.29, 1.82) is 0 Å². The van der Waals surface area contributed by atoms with Crippen molar-refractivity contribution >= 4 is 22.5 Å². The van der Waals surface area contributed by atoms with E-state index in [-0.39, 0.29) is 11.7 Å². The quantitative estimate of drug-likeness (QED) is 0.528. The summed E-state index contributed by atoms with van der Waals surface area (Å²) >= 11 is 0. The van der Waals surface area contributed by atoms with Gasteiger partial charge in [-0.3, -0.25) is 4.79 Å². The number of amides is 1. The monoisotopic (exact) mass is 344 g/mol. The van der Waals surface area contributed by atoms with Crippen molar-refractivity contribution in [3.63, 3.8) is 0 Å². The maximum Gasteiger partial charge on any atom is 0.228 e. The van der Waals surface area contributed by atoms with Crippen LogP contribution < -0.4 is 5.32 Å². The highest BCUT2D eigenvalue weighted by molar-refractivity contribution is 5.92. The molecule has 2 N–H and O–H groups in total. The van der Waals surface area contributed by atoms with Gasteiger partial charge in [0.2, 0.25) is 5.91 Å². The second-order valence-electron chi connectivity index (χ2n) is 6.20. The molecule has 1 heterocycles. The minimum atomic E-state index is -0.250. The highest BCUT2D eigenvalue weighted by Crippen LogP contribution is 2.25. The van der Waals surface area contributed by atoms with Gasteiger partial charge in [0.25, 0.3) is 0 Å². The van der Waals surface area contributed by atoms with Crippen LogP contribution in [0, 0.1) is 5.82 Å². The lowest BCUT2D eigenvalue weighted by molar-refractivity contribution is -0.115. The van der Waals surface area contributed by atoms with E-state index in [0.717, 1.165) is 33.4 Å². The van der Waals surface area contributed by atoms with Gasteiger partial charge in [-0.15, -0.1) is 0 Å². The molecule has 4 heteroatoms. The van der Waals surface area contributed by atoms with Crippen LogP contribution in [0.3, 0.4) is 0 Å². The summed E-state index contributed by atoms with van der Waals surface area (Å²) in [4.78, 5) is 15.4. The van der Waals surface area contributed by atoms with E-state index in [2.05, 4.69) is 10.3 Å². The lowest BCUT2D eigenvalue weighted by atomic mass is 10.1. The van der Waals surface area contributed by atoms with Gasteiger partial charge in [0.05, 0.1) is 6.42 Å². The molecule has 26 heavy (non-hydrogen) atoms. The molecule has 0 bridgehead atoms. The van der Waals surface area contributed by atoms with Gasteiger partial charge in [0.1, 0.15) is 5.82 Å². The first-order chi connectivity index (χ1) is 12.7. The molecule has 1 amide bonds. The van der Waals surface area contributed by atoms with Crippen LogP contribution in [-0.2, 0) is 11.2 Å². The van der Waals surface area contributed by atoms with Gasteiger partial charge in [0, 0.05) is 22.3 Å². The largest absolute Gasteiger partial charge is 0.355 e. The normalized spacial score (nSPS) is 10.8. The smallest absolute Gasteiger partial charge is 0.228 e. The zero-order valence-electron chi connectivity index (χ0n) is 14.0. The Kier molecular flexibility index (Phi) is 4.23. The average Bonchev–Trinajstić information content (AvgIpc) is 3.06. The highest BCUT2D eigenvalue weighted by Gasteiger charge is 2.06. The van der Waals surface area contributed by atoms with Gasteiger partial charge < -0.3 is 10.3 Å². The van der Waals surface area contributed by atoms with Crippen molar-refractivity contribution in [2.24, 2.45) is 0 Å². The summed E-state index contributed by atoms with van der Waals surface area (Å²) in [5.41, 5.74) is 4.50. The van der Waals surface area contributed by atoms with E-state index in [9.17, 15) is 9.18 Å². The molecule has 128 valence electrons. The zero-order chi connectivity index (χ0) is 17.9. The maximum atomic E-state index is 13.3. The second kappa shape index (κ2) is 6.84. The summed E-state index contributed by atoms with van der Waals surface area (Å²) in [6.45, 7) is 0. The molecular weight excluding hydrogens is 327 g/mol. The molecular formula is C22H17FN2O. The lowest BCUT2D eigenvalue weighted by Gasteiger charge is -2.06. The summed E-state index contributed by atoms with van der Waals surface area (Å²) in [6, 6.07) is 23.8. The number of carbonyl (C=O) groups is 1. The van der Waals surface area contributed by atoms with Crippen LogP contribution in [0.4, 0.5) is 10.1 Å². The Labute approximate surface area is 150 Å². The van der Waals surface area contributed by atoms with Crippen molar-refractivity contribution in [3.8, 4) is 11.3 Å². The molecule has 3 nitrogen and oxygen atoms in total. The van der Waals surface area contributed by atoms with Crippen LogP contribution in [0.2, 0.25) is 0 Å². The van der Waals surface area contributed by atoms with Gasteiger partial charge in [-0.2, -0.15) is 0 Å². The molecule has 0 radical (unpaired) electrons. The zero-order valence-corrected chi connectivity index (χ0v) is 14.0. The van der Waals surface area contributed by atoms with E-state index in [1.807, 2.05) is 60.7 Å². The lowest BCUT2D eigenvalue weighted by Crippen LogP contribution is -2.14. The first kappa shape index (κ1) is 16.1. The molecule has 0 aliphatic rings. The molecule has 4 aromatic rings. The van der Waals surface area contributed by atoms with Crippen molar-refractivity contribution < 1.29 is 9.18 Å². The number of hydrogen-bond donors (Lipinski definition) is 2. The van der Waals surface area contributed by atoms with Crippen LogP contribution in [0.25, 0.3) is 22.2 Å². The van der Waals surface area contributed by atoms with Crippen LogP contribution in [0.1, 0.15) is 5.56 Å². The number of halogens is 1. The SMILES string of the molecule is O=C(Cc1ccccc1)Nc1ccc(-c2cc3cc(F)ccc3[nH]2)cc1. The molecule has 0 saturated carbocycles. The third-order valence-corrected chi connectivity index (χ3v) is 4.27. The van der Waals surface area contributed by atoms with E-state index in [4.69, 9.17) is 0 Å². The Hall–Kier alpha value is -3.40. The van der Waals surface area contributed by atoms with Gasteiger partial charge in [-0.05, 0) is 47.5 Å². The summed E-state index contributed by atoms with van der Waals surface area (Å²) < 4.78 is 13.3.